The minimum Gasteiger partial charge on any atom is -0.494 e. The second kappa shape index (κ2) is 19.0. The third-order valence-corrected chi connectivity index (χ3v) is 6.46. The van der Waals surface area contributed by atoms with Crippen LogP contribution in [0.4, 0.5) is 4.39 Å². The van der Waals surface area contributed by atoms with Gasteiger partial charge < -0.3 is 14.2 Å². The van der Waals surface area contributed by atoms with Crippen LogP contribution in [0.2, 0.25) is 0 Å². The molecule has 2 aromatic rings. The average Bonchev–Trinajstić information content (AvgIpc) is 2.93. The lowest BCUT2D eigenvalue weighted by Crippen LogP contribution is -2.15. The van der Waals surface area contributed by atoms with Gasteiger partial charge in [0.1, 0.15) is 5.75 Å². The first-order valence-corrected chi connectivity index (χ1v) is 14.6. The fraction of sp³-hybridized carbons (Fsp3) is 0.515. The number of ether oxygens (including phenoxy) is 3. The van der Waals surface area contributed by atoms with Gasteiger partial charge in [0, 0.05) is 6.08 Å². The van der Waals surface area contributed by atoms with Crippen molar-refractivity contribution in [2.24, 2.45) is 0 Å². The van der Waals surface area contributed by atoms with Gasteiger partial charge in [0.15, 0.2) is 11.6 Å². The zero-order valence-corrected chi connectivity index (χ0v) is 23.9. The Morgan fingerprint density at radius 1 is 0.846 bits per heavy atom. The fourth-order valence-electron chi connectivity index (χ4n) is 4.11. The summed E-state index contributed by atoms with van der Waals surface area (Å²) in [7, 11) is 0. The Morgan fingerprint density at radius 3 is 2.15 bits per heavy atom. The molecule has 2 aromatic carbocycles. The largest absolute Gasteiger partial charge is 0.494 e. The van der Waals surface area contributed by atoms with E-state index < -0.39 is 17.8 Å². The summed E-state index contributed by atoms with van der Waals surface area (Å²) in [4.78, 5) is 24.5. The lowest BCUT2D eigenvalue weighted by molar-refractivity contribution is -0.129. The van der Waals surface area contributed by atoms with Crippen LogP contribution < -0.4 is 9.47 Å². The molecule has 2 rings (SSSR count). The average molecular weight is 541 g/mol. The molecule has 5 nitrogen and oxygen atoms in total. The number of esters is 2. The molecule has 0 fully saturated rings. The molecule has 6 heteroatoms. The van der Waals surface area contributed by atoms with E-state index in [-0.39, 0.29) is 17.4 Å². The number of hydrogen-bond acceptors (Lipinski definition) is 5. The highest BCUT2D eigenvalue weighted by atomic mass is 19.1. The van der Waals surface area contributed by atoms with E-state index in [0.29, 0.717) is 6.61 Å². The van der Waals surface area contributed by atoms with Gasteiger partial charge in [0.2, 0.25) is 0 Å². The highest BCUT2D eigenvalue weighted by Crippen LogP contribution is 2.21. The molecule has 0 saturated carbocycles. The maximum absolute atomic E-state index is 14.5. The summed E-state index contributed by atoms with van der Waals surface area (Å²) >= 11 is 0. The second-order valence-electron chi connectivity index (χ2n) is 10.0. The maximum Gasteiger partial charge on any atom is 0.338 e. The Labute approximate surface area is 233 Å². The number of rotatable bonds is 19. The molecule has 0 heterocycles. The van der Waals surface area contributed by atoms with E-state index in [1.54, 1.807) is 6.08 Å². The molecule has 39 heavy (non-hydrogen) atoms. The van der Waals surface area contributed by atoms with Crippen molar-refractivity contribution in [2.75, 3.05) is 6.61 Å². The van der Waals surface area contributed by atoms with Crippen LogP contribution in [0.1, 0.15) is 114 Å². The summed E-state index contributed by atoms with van der Waals surface area (Å²) in [5.74, 6) is -1.58. The summed E-state index contributed by atoms with van der Waals surface area (Å²) in [6.45, 7) is 6.89. The molecule has 0 aromatic heterocycles. The SMILES string of the molecule is CCCCCCCCCOc1ccc(/C=C/C(=O)Oc2ccc(C(=O)O[C@@H](C)CCCCCC)cc2F)cc1. The topological polar surface area (TPSA) is 61.8 Å². The van der Waals surface area contributed by atoms with Gasteiger partial charge in [0.25, 0.3) is 0 Å². The molecule has 0 aliphatic carbocycles. The lowest BCUT2D eigenvalue weighted by atomic mass is 10.1. The van der Waals surface area contributed by atoms with E-state index in [2.05, 4.69) is 13.8 Å². The minimum absolute atomic E-state index is 0.0810. The monoisotopic (exact) mass is 540 g/mol. The Bertz CT molecular complexity index is 1020. The zero-order valence-electron chi connectivity index (χ0n) is 23.9. The number of hydrogen-bond donors (Lipinski definition) is 0. The molecule has 0 aliphatic heterocycles. The summed E-state index contributed by atoms with van der Waals surface area (Å²) in [6.07, 6.45) is 16.4. The molecule has 0 bridgehead atoms. The van der Waals surface area contributed by atoms with Gasteiger partial charge in [-0.05, 0) is 68.2 Å². The van der Waals surface area contributed by atoms with Crippen molar-refractivity contribution in [2.45, 2.75) is 104 Å². The zero-order chi connectivity index (χ0) is 28.3. The molecule has 0 unspecified atom stereocenters. The number of carbonyl (C=O) groups excluding carboxylic acids is 2. The van der Waals surface area contributed by atoms with E-state index in [1.165, 1.54) is 56.7 Å². The van der Waals surface area contributed by atoms with Gasteiger partial charge in [-0.2, -0.15) is 0 Å². The van der Waals surface area contributed by atoms with E-state index in [4.69, 9.17) is 14.2 Å². The predicted molar refractivity (Wildman–Crippen MR) is 155 cm³/mol. The molecule has 0 saturated heterocycles. The molecule has 214 valence electrons. The van der Waals surface area contributed by atoms with Gasteiger partial charge in [-0.1, -0.05) is 83.8 Å². The Kier molecular flexibility index (Phi) is 15.6. The lowest BCUT2D eigenvalue weighted by Gasteiger charge is -2.13. The number of carbonyl (C=O) groups is 2. The van der Waals surface area contributed by atoms with E-state index in [0.717, 1.165) is 55.9 Å². The van der Waals surface area contributed by atoms with Crippen LogP contribution in [-0.2, 0) is 9.53 Å². The van der Waals surface area contributed by atoms with Gasteiger partial charge >= 0.3 is 11.9 Å². The highest BCUT2D eigenvalue weighted by Gasteiger charge is 2.16. The molecular weight excluding hydrogens is 495 g/mol. The van der Waals surface area contributed by atoms with Crippen molar-refractivity contribution in [3.63, 3.8) is 0 Å². The molecule has 0 amide bonds. The normalized spacial score (nSPS) is 11.9. The predicted octanol–water partition coefficient (Wildman–Crippen LogP) is 9.09. The first-order chi connectivity index (χ1) is 18.9. The Morgan fingerprint density at radius 2 is 1.49 bits per heavy atom. The number of unbranched alkanes of at least 4 members (excludes halogenated alkanes) is 9. The molecule has 0 N–H and O–H groups in total. The summed E-state index contributed by atoms with van der Waals surface area (Å²) < 4.78 is 30.8. The fourth-order valence-corrected chi connectivity index (χ4v) is 4.11. The molecular formula is C33H45FO5. The molecule has 0 radical (unpaired) electrons. The van der Waals surface area contributed by atoms with Crippen molar-refractivity contribution in [1.82, 2.24) is 0 Å². The van der Waals surface area contributed by atoms with E-state index in [9.17, 15) is 14.0 Å². The number of halogens is 1. The van der Waals surface area contributed by atoms with Crippen molar-refractivity contribution >= 4 is 18.0 Å². The maximum atomic E-state index is 14.5. The van der Waals surface area contributed by atoms with E-state index in [1.807, 2.05) is 31.2 Å². The highest BCUT2D eigenvalue weighted by molar-refractivity contribution is 5.91. The van der Waals surface area contributed by atoms with Crippen molar-refractivity contribution < 1.29 is 28.2 Å². The van der Waals surface area contributed by atoms with Crippen molar-refractivity contribution in [1.29, 1.82) is 0 Å². The first-order valence-electron chi connectivity index (χ1n) is 14.6. The van der Waals surface area contributed by atoms with Gasteiger partial charge in [-0.15, -0.1) is 0 Å². The third kappa shape index (κ3) is 13.5. The summed E-state index contributed by atoms with van der Waals surface area (Å²) in [5.41, 5.74) is 0.870. The standard InChI is InChI=1S/C33H45FO5/c1-4-6-8-10-11-12-14-24-37-29-20-16-27(17-21-29)18-23-32(35)39-31-22-19-28(25-30(31)34)33(36)38-26(3)15-13-9-7-5-2/h16-23,25-26H,4-15,24H2,1-3H3/b23-18+/t26-/m0/s1. The van der Waals surface area contributed by atoms with Gasteiger partial charge in [-0.3, -0.25) is 0 Å². The van der Waals surface area contributed by atoms with Gasteiger partial charge in [-0.25, -0.2) is 14.0 Å². The summed E-state index contributed by atoms with van der Waals surface area (Å²) in [5, 5.41) is 0. The molecule has 1 atom stereocenters. The molecule has 0 spiro atoms. The quantitative estimate of drug-likeness (QED) is 0.0769. The van der Waals surface area contributed by atoms with Crippen LogP contribution in [0.3, 0.4) is 0 Å². The second-order valence-corrected chi connectivity index (χ2v) is 10.0. The van der Waals surface area contributed by atoms with Crippen LogP contribution in [0.5, 0.6) is 11.5 Å². The Balaban J connectivity index is 1.75. The number of benzene rings is 2. The molecule has 0 aliphatic rings. The van der Waals surface area contributed by atoms with Crippen LogP contribution in [0.15, 0.2) is 48.5 Å². The van der Waals surface area contributed by atoms with Crippen LogP contribution >= 0.6 is 0 Å². The van der Waals surface area contributed by atoms with Gasteiger partial charge in [0.05, 0.1) is 18.3 Å². The van der Waals surface area contributed by atoms with Crippen molar-refractivity contribution in [3.05, 3.63) is 65.5 Å². The Hall–Kier alpha value is -3.15. The van der Waals surface area contributed by atoms with E-state index >= 15 is 0 Å². The third-order valence-electron chi connectivity index (χ3n) is 6.46. The van der Waals surface area contributed by atoms with Crippen molar-refractivity contribution in [3.8, 4) is 11.5 Å². The van der Waals surface area contributed by atoms with Crippen LogP contribution in [-0.4, -0.2) is 24.6 Å². The minimum atomic E-state index is -0.802. The summed E-state index contributed by atoms with van der Waals surface area (Å²) in [6, 6.07) is 11.1. The first kappa shape index (κ1) is 32.1. The smallest absolute Gasteiger partial charge is 0.338 e. The van der Waals surface area contributed by atoms with Crippen LogP contribution in [0, 0.1) is 5.82 Å². The van der Waals surface area contributed by atoms with Crippen LogP contribution in [0.25, 0.3) is 6.08 Å².